The molecular weight excluding hydrogens is 452 g/mol. The standard InChI is InChI=1S/C19H19ClN2OS.C4H4O4/c1-21-6-8-22(9-7-21)17-10-13-2-4-15(23)12-19(13)24-18-5-3-14(20)11-16(17)18;5-3(6)1-2-4(7)8/h2-5,10-12,23H,6-9H2,1H3;1-2H,(H,5,6)(H,7,8)/b;2-1-. The second-order valence-electron chi connectivity index (χ2n) is 7.42. The predicted molar refractivity (Wildman–Crippen MR) is 122 cm³/mol. The van der Waals surface area contributed by atoms with Gasteiger partial charge in [0.25, 0.3) is 0 Å². The number of carbonyl (C=O) groups is 2. The van der Waals surface area contributed by atoms with Crippen LogP contribution in [0.4, 0.5) is 0 Å². The van der Waals surface area contributed by atoms with Gasteiger partial charge in [0.1, 0.15) is 11.4 Å². The molecule has 168 valence electrons. The third-order valence-corrected chi connectivity index (χ3v) is 6.47. The molecule has 1 saturated heterocycles. The average Bonchev–Trinajstić information content (AvgIpc) is 2.89. The number of phenols is 1. The Morgan fingerprint density at radius 2 is 1.84 bits per heavy atom. The zero-order valence-corrected chi connectivity index (χ0v) is 18.9. The molecule has 1 fully saturated rings. The minimum Gasteiger partial charge on any atom is -0.545 e. The number of carboxylic acids is 2. The number of aromatic hydroxyl groups is 1. The molecule has 2 aliphatic heterocycles. The van der Waals surface area contributed by atoms with E-state index in [0.29, 0.717) is 17.9 Å². The number of carboxylic acid groups (broad SMARTS) is 2. The minimum absolute atomic E-state index is 0.306. The van der Waals surface area contributed by atoms with Crippen LogP contribution >= 0.6 is 23.4 Å². The van der Waals surface area contributed by atoms with Crippen molar-refractivity contribution in [3.8, 4) is 5.75 Å². The van der Waals surface area contributed by atoms with E-state index in [2.05, 4.69) is 30.2 Å². The number of quaternary nitrogens is 1. The molecule has 2 aliphatic rings. The number of hydrogen-bond donors (Lipinski definition) is 3. The van der Waals surface area contributed by atoms with Crippen molar-refractivity contribution in [2.24, 2.45) is 0 Å². The lowest BCUT2D eigenvalue weighted by Gasteiger charge is -2.31. The monoisotopic (exact) mass is 474 g/mol. The van der Waals surface area contributed by atoms with E-state index in [0.717, 1.165) is 41.7 Å². The van der Waals surface area contributed by atoms with Crippen LogP contribution in [0, 0.1) is 0 Å². The highest BCUT2D eigenvalue weighted by Gasteiger charge is 2.27. The van der Waals surface area contributed by atoms with Crippen molar-refractivity contribution in [1.29, 1.82) is 0 Å². The molecule has 0 saturated carbocycles. The summed E-state index contributed by atoms with van der Waals surface area (Å²) in [6.45, 7) is 4.37. The SMILES string of the molecule is CN1CC[NH+](C2=Cc3ccc(O)cc3Sc3ccc(Cl)cc32)CC1.O=C([O-])/C=C\C(=O)O. The summed E-state index contributed by atoms with van der Waals surface area (Å²) in [7, 11) is 2.18. The zero-order chi connectivity index (χ0) is 23.3. The van der Waals surface area contributed by atoms with E-state index in [1.165, 1.54) is 21.1 Å². The molecule has 7 nitrogen and oxygen atoms in total. The zero-order valence-electron chi connectivity index (χ0n) is 17.4. The van der Waals surface area contributed by atoms with Gasteiger partial charge in [0.2, 0.25) is 0 Å². The smallest absolute Gasteiger partial charge is 0.328 e. The van der Waals surface area contributed by atoms with Gasteiger partial charge in [-0.3, -0.25) is 9.80 Å². The highest BCUT2D eigenvalue weighted by atomic mass is 35.5. The molecule has 2 heterocycles. The normalized spacial score (nSPS) is 16.2. The van der Waals surface area contributed by atoms with E-state index in [9.17, 15) is 19.8 Å². The molecule has 0 amide bonds. The lowest BCUT2D eigenvalue weighted by molar-refractivity contribution is -0.830. The van der Waals surface area contributed by atoms with Crippen molar-refractivity contribution in [3.05, 3.63) is 64.7 Å². The summed E-state index contributed by atoms with van der Waals surface area (Å²) in [6, 6.07) is 11.7. The van der Waals surface area contributed by atoms with Gasteiger partial charge in [-0.15, -0.1) is 0 Å². The molecule has 32 heavy (non-hydrogen) atoms. The number of halogens is 1. The van der Waals surface area contributed by atoms with Gasteiger partial charge in [-0.1, -0.05) is 23.4 Å². The molecule has 2 aromatic carbocycles. The first-order valence-electron chi connectivity index (χ1n) is 9.91. The summed E-state index contributed by atoms with van der Waals surface area (Å²) >= 11 is 8.00. The number of aliphatic carboxylic acids is 2. The largest absolute Gasteiger partial charge is 0.545 e. The Morgan fingerprint density at radius 1 is 1.12 bits per heavy atom. The maximum Gasteiger partial charge on any atom is 0.328 e. The number of fused-ring (bicyclic) bond motifs is 2. The van der Waals surface area contributed by atoms with Gasteiger partial charge in [0.05, 0.1) is 24.6 Å². The molecular formula is C23H23ClN2O5S. The Morgan fingerprint density at radius 3 is 2.47 bits per heavy atom. The van der Waals surface area contributed by atoms with Crippen LogP contribution in [0.1, 0.15) is 11.1 Å². The summed E-state index contributed by atoms with van der Waals surface area (Å²) in [5.41, 5.74) is 3.67. The number of piperazine rings is 1. The highest BCUT2D eigenvalue weighted by Crippen LogP contribution is 2.41. The first-order chi connectivity index (χ1) is 15.2. The van der Waals surface area contributed by atoms with E-state index in [1.807, 2.05) is 18.2 Å². The number of nitrogens with zero attached hydrogens (tertiary/aromatic N) is 1. The summed E-state index contributed by atoms with van der Waals surface area (Å²) in [6.07, 6.45) is 3.21. The number of benzene rings is 2. The van der Waals surface area contributed by atoms with Gasteiger partial charge in [-0.2, -0.15) is 0 Å². The predicted octanol–water partition coefficient (Wildman–Crippen LogP) is 1.22. The van der Waals surface area contributed by atoms with Gasteiger partial charge >= 0.3 is 5.97 Å². The Balaban J connectivity index is 0.000000312. The van der Waals surface area contributed by atoms with Gasteiger partial charge < -0.3 is 20.1 Å². The molecule has 0 atom stereocenters. The van der Waals surface area contributed by atoms with Crippen molar-refractivity contribution in [3.63, 3.8) is 0 Å². The van der Waals surface area contributed by atoms with Gasteiger partial charge in [0, 0.05) is 40.1 Å². The maximum atomic E-state index is 9.85. The second-order valence-corrected chi connectivity index (χ2v) is 8.94. The van der Waals surface area contributed by atoms with Crippen LogP contribution in [0.5, 0.6) is 5.75 Å². The van der Waals surface area contributed by atoms with Crippen LogP contribution in [-0.2, 0) is 9.59 Å². The Hall–Kier alpha value is -2.78. The highest BCUT2D eigenvalue weighted by molar-refractivity contribution is 7.99. The summed E-state index contributed by atoms with van der Waals surface area (Å²) in [4.78, 5) is 25.1. The Bertz CT molecular complexity index is 1060. The van der Waals surface area contributed by atoms with Gasteiger partial charge in [-0.25, -0.2) is 4.79 Å². The van der Waals surface area contributed by atoms with Crippen LogP contribution in [-0.4, -0.2) is 60.3 Å². The van der Waals surface area contributed by atoms with Crippen molar-refractivity contribution >= 4 is 47.1 Å². The fraction of sp³-hybridized carbons (Fsp3) is 0.217. The van der Waals surface area contributed by atoms with E-state index in [1.54, 1.807) is 17.8 Å². The summed E-state index contributed by atoms with van der Waals surface area (Å²) in [5.74, 6) is -2.50. The van der Waals surface area contributed by atoms with E-state index < -0.39 is 11.9 Å². The third-order valence-electron chi connectivity index (χ3n) is 5.08. The van der Waals surface area contributed by atoms with Crippen LogP contribution in [0.3, 0.4) is 0 Å². The topological polar surface area (TPSA) is 105 Å². The number of carbonyl (C=O) groups excluding carboxylic acids is 1. The molecule has 0 radical (unpaired) electrons. The molecule has 0 aromatic heterocycles. The first kappa shape index (κ1) is 23.9. The molecule has 3 N–H and O–H groups in total. The first-order valence-corrected chi connectivity index (χ1v) is 11.1. The third kappa shape index (κ3) is 6.37. The van der Waals surface area contributed by atoms with Crippen LogP contribution in [0.25, 0.3) is 11.8 Å². The van der Waals surface area contributed by atoms with Gasteiger partial charge in [-0.05, 0) is 55.1 Å². The van der Waals surface area contributed by atoms with Crippen molar-refractivity contribution in [2.75, 3.05) is 33.2 Å². The van der Waals surface area contributed by atoms with Crippen molar-refractivity contribution < 1.29 is 29.8 Å². The number of likely N-dealkylation sites (N-methyl/N-ethyl adjacent to an activating group) is 1. The van der Waals surface area contributed by atoms with Gasteiger partial charge in [0.15, 0.2) is 0 Å². The summed E-state index contributed by atoms with van der Waals surface area (Å²) in [5, 5.41) is 27.8. The van der Waals surface area contributed by atoms with Crippen LogP contribution in [0.15, 0.2) is 58.3 Å². The van der Waals surface area contributed by atoms with E-state index in [4.69, 9.17) is 16.7 Å². The molecule has 0 aliphatic carbocycles. The van der Waals surface area contributed by atoms with E-state index in [-0.39, 0.29) is 0 Å². The minimum atomic E-state index is -1.51. The van der Waals surface area contributed by atoms with Crippen LogP contribution < -0.4 is 10.0 Å². The van der Waals surface area contributed by atoms with Crippen LogP contribution in [0.2, 0.25) is 5.02 Å². The second kappa shape index (κ2) is 10.7. The quantitative estimate of drug-likeness (QED) is 0.574. The molecule has 0 unspecified atom stereocenters. The fourth-order valence-electron chi connectivity index (χ4n) is 3.47. The summed E-state index contributed by atoms with van der Waals surface area (Å²) < 4.78 is 0. The van der Waals surface area contributed by atoms with E-state index >= 15 is 0 Å². The molecule has 4 rings (SSSR count). The molecule has 0 spiro atoms. The lowest BCUT2D eigenvalue weighted by Crippen LogP contribution is -3.12. The molecule has 2 aromatic rings. The number of phenolic OH excluding ortho intramolecular Hbond substituents is 1. The number of nitrogens with one attached hydrogen (secondary N) is 1. The molecule has 9 heteroatoms. The van der Waals surface area contributed by atoms with Crippen molar-refractivity contribution in [1.82, 2.24) is 4.90 Å². The number of hydrogen-bond acceptors (Lipinski definition) is 6. The van der Waals surface area contributed by atoms with Crippen molar-refractivity contribution in [2.45, 2.75) is 9.79 Å². The maximum absolute atomic E-state index is 9.85. The Kier molecular flexibility index (Phi) is 7.98. The average molecular weight is 475 g/mol. The lowest BCUT2D eigenvalue weighted by atomic mass is 10.1. The number of rotatable bonds is 3. The molecule has 0 bridgehead atoms. The fourth-order valence-corrected chi connectivity index (χ4v) is 4.72. The Labute approximate surface area is 195 Å².